The molecule has 1 N–H and O–H groups in total. The highest BCUT2D eigenvalue weighted by atomic mass is 79.9. The third kappa shape index (κ3) is 1.99. The molecule has 5 heteroatoms. The summed E-state index contributed by atoms with van der Waals surface area (Å²) in [5, 5.41) is 1.55. The maximum Gasteiger partial charge on any atom is 0.195 e. The molecule has 3 nitrogen and oxygen atoms in total. The van der Waals surface area contributed by atoms with Crippen molar-refractivity contribution in [2.24, 2.45) is 0 Å². The Morgan fingerprint density at radius 1 is 1.21 bits per heavy atom. The zero-order valence-electron chi connectivity index (χ0n) is 13.5. The van der Waals surface area contributed by atoms with Crippen molar-refractivity contribution < 1.29 is 9.53 Å². The number of carbonyl (C=O) groups is 1. The van der Waals surface area contributed by atoms with E-state index < -0.39 is 0 Å². The number of methoxy groups -OCH3 is 1. The second-order valence-electron chi connectivity index (χ2n) is 6.55. The number of hydrogen-bond acceptors (Lipinski definition) is 2. The second-order valence-corrected chi connectivity index (χ2v) is 7.84. The highest BCUT2D eigenvalue weighted by molar-refractivity contribution is 9.10. The molecule has 122 valence electrons. The van der Waals surface area contributed by atoms with Gasteiger partial charge >= 0.3 is 0 Å². The van der Waals surface area contributed by atoms with Crippen LogP contribution >= 0.6 is 27.5 Å². The van der Waals surface area contributed by atoms with Gasteiger partial charge in [0.25, 0.3) is 0 Å². The van der Waals surface area contributed by atoms with Gasteiger partial charge < -0.3 is 9.72 Å². The number of carbonyl (C=O) groups excluding carboxylic acids is 1. The first kappa shape index (κ1) is 15.7. The Labute approximate surface area is 153 Å². The molecule has 0 saturated carbocycles. The van der Waals surface area contributed by atoms with E-state index in [1.54, 1.807) is 7.11 Å². The summed E-state index contributed by atoms with van der Waals surface area (Å²) in [5.74, 6) is 0.744. The Bertz CT molecular complexity index is 1020. The molecule has 1 aliphatic carbocycles. The molecule has 0 saturated heterocycles. The summed E-state index contributed by atoms with van der Waals surface area (Å²) in [7, 11) is 1.63. The van der Waals surface area contributed by atoms with E-state index in [-0.39, 0.29) is 11.2 Å². The van der Waals surface area contributed by atoms with Crippen LogP contribution in [0.4, 0.5) is 0 Å². The number of fused-ring (bicyclic) bond motifs is 4. The lowest BCUT2D eigenvalue weighted by atomic mass is 9.71. The Morgan fingerprint density at radius 2 is 1.96 bits per heavy atom. The van der Waals surface area contributed by atoms with Crippen LogP contribution in [-0.2, 0) is 5.41 Å². The van der Waals surface area contributed by atoms with Crippen LogP contribution in [0, 0.1) is 0 Å². The number of rotatable bonds is 1. The maximum atomic E-state index is 13.2. The first-order valence-electron chi connectivity index (χ1n) is 7.59. The minimum atomic E-state index is -0.349. The van der Waals surface area contributed by atoms with E-state index in [1.165, 1.54) is 0 Å². The lowest BCUT2D eigenvalue weighted by Crippen LogP contribution is -2.30. The van der Waals surface area contributed by atoms with Crippen molar-refractivity contribution in [1.29, 1.82) is 0 Å². The zero-order valence-corrected chi connectivity index (χ0v) is 15.8. The lowest BCUT2D eigenvalue weighted by Gasteiger charge is -2.32. The molecule has 0 amide bonds. The van der Waals surface area contributed by atoms with E-state index in [9.17, 15) is 4.79 Å². The minimum Gasteiger partial charge on any atom is -0.496 e. The van der Waals surface area contributed by atoms with E-state index in [2.05, 4.69) is 34.8 Å². The van der Waals surface area contributed by atoms with Gasteiger partial charge in [-0.15, -0.1) is 0 Å². The Morgan fingerprint density at radius 3 is 2.67 bits per heavy atom. The molecule has 0 spiro atoms. The van der Waals surface area contributed by atoms with Crippen LogP contribution in [-0.4, -0.2) is 17.9 Å². The molecule has 24 heavy (non-hydrogen) atoms. The topological polar surface area (TPSA) is 42.1 Å². The SMILES string of the molecule is COc1cc2c(cc1Br)C(=O)c1c([nH]c3cc(Cl)ccc13)C2(C)C. The molecule has 1 aliphatic rings. The number of ether oxygens (including phenoxy) is 1. The molecule has 0 unspecified atom stereocenters. The summed E-state index contributed by atoms with van der Waals surface area (Å²) in [6.45, 7) is 4.23. The summed E-state index contributed by atoms with van der Waals surface area (Å²) < 4.78 is 6.19. The lowest BCUT2D eigenvalue weighted by molar-refractivity contribution is 0.103. The van der Waals surface area contributed by atoms with Crippen molar-refractivity contribution in [1.82, 2.24) is 4.98 Å². The van der Waals surface area contributed by atoms with Gasteiger partial charge in [0.1, 0.15) is 5.75 Å². The number of aromatic nitrogens is 1. The largest absolute Gasteiger partial charge is 0.496 e. The van der Waals surface area contributed by atoms with Gasteiger partial charge in [0.05, 0.1) is 17.1 Å². The first-order chi connectivity index (χ1) is 11.3. The molecule has 0 aliphatic heterocycles. The fraction of sp³-hybridized carbons (Fsp3) is 0.211. The van der Waals surface area contributed by atoms with Crippen LogP contribution in [0.3, 0.4) is 0 Å². The average Bonchev–Trinajstić information content (AvgIpc) is 2.92. The van der Waals surface area contributed by atoms with Gasteiger partial charge in [-0.05, 0) is 45.8 Å². The fourth-order valence-electron chi connectivity index (χ4n) is 3.56. The summed E-state index contributed by atoms with van der Waals surface area (Å²) in [6.07, 6.45) is 0. The van der Waals surface area contributed by atoms with Crippen molar-refractivity contribution in [3.63, 3.8) is 0 Å². The quantitative estimate of drug-likeness (QED) is 0.585. The average molecular weight is 405 g/mol. The van der Waals surface area contributed by atoms with Gasteiger partial charge in [0, 0.05) is 32.6 Å². The molecule has 1 aromatic heterocycles. The molecule has 0 radical (unpaired) electrons. The van der Waals surface area contributed by atoms with E-state index in [0.717, 1.165) is 37.9 Å². The predicted octanol–water partition coefficient (Wildman–Crippen LogP) is 5.46. The second kappa shape index (κ2) is 5.11. The normalized spacial score (nSPS) is 15.3. The molecule has 3 aromatic rings. The van der Waals surface area contributed by atoms with Crippen LogP contribution in [0.2, 0.25) is 5.02 Å². The number of H-pyrrole nitrogens is 1. The molecular formula is C19H15BrClNO2. The summed E-state index contributed by atoms with van der Waals surface area (Å²) in [4.78, 5) is 16.6. The van der Waals surface area contributed by atoms with Crippen LogP contribution in [0.1, 0.15) is 41.0 Å². The fourth-order valence-corrected chi connectivity index (χ4v) is 4.24. The minimum absolute atomic E-state index is 0.0243. The molecule has 2 aromatic carbocycles. The van der Waals surface area contributed by atoms with Crippen LogP contribution in [0.15, 0.2) is 34.8 Å². The van der Waals surface area contributed by atoms with Crippen LogP contribution in [0.5, 0.6) is 5.75 Å². The van der Waals surface area contributed by atoms with E-state index >= 15 is 0 Å². The van der Waals surface area contributed by atoms with Gasteiger partial charge in [-0.2, -0.15) is 0 Å². The number of benzene rings is 2. The Hall–Kier alpha value is -1.78. The summed E-state index contributed by atoms with van der Waals surface area (Å²) in [5.41, 5.74) is 3.84. The predicted molar refractivity (Wildman–Crippen MR) is 99.6 cm³/mol. The van der Waals surface area contributed by atoms with Crippen molar-refractivity contribution in [3.8, 4) is 5.75 Å². The maximum absolute atomic E-state index is 13.2. The summed E-state index contributed by atoms with van der Waals surface area (Å²) >= 11 is 9.60. The number of halogens is 2. The molecular weight excluding hydrogens is 390 g/mol. The van der Waals surface area contributed by atoms with E-state index in [0.29, 0.717) is 10.6 Å². The van der Waals surface area contributed by atoms with Crippen molar-refractivity contribution in [2.75, 3.05) is 7.11 Å². The standard InChI is InChI=1S/C19H15BrClNO2/c1-19(2)12-8-15(24-3)13(20)7-11(12)17(23)16-10-5-4-9(21)6-14(10)22-18(16)19/h4-8,22H,1-3H3. The number of nitrogens with one attached hydrogen (secondary N) is 1. The van der Waals surface area contributed by atoms with Crippen LogP contribution < -0.4 is 4.74 Å². The Balaban J connectivity index is 2.08. The molecule has 4 rings (SSSR count). The molecule has 0 bridgehead atoms. The third-order valence-corrected chi connectivity index (χ3v) is 5.68. The number of aromatic amines is 1. The van der Waals surface area contributed by atoms with Gasteiger partial charge in [0.15, 0.2) is 5.78 Å². The van der Waals surface area contributed by atoms with Crippen LogP contribution in [0.25, 0.3) is 10.9 Å². The van der Waals surface area contributed by atoms with Gasteiger partial charge in [-0.25, -0.2) is 0 Å². The molecule has 1 heterocycles. The Kier molecular flexibility index (Phi) is 3.35. The zero-order chi connectivity index (χ0) is 17.2. The number of ketones is 1. The molecule has 0 atom stereocenters. The highest BCUT2D eigenvalue weighted by Gasteiger charge is 2.40. The monoisotopic (exact) mass is 403 g/mol. The third-order valence-electron chi connectivity index (χ3n) is 4.82. The van der Waals surface area contributed by atoms with E-state index in [1.807, 2.05) is 30.3 Å². The van der Waals surface area contributed by atoms with Gasteiger partial charge in [-0.3, -0.25) is 4.79 Å². The van der Waals surface area contributed by atoms with Crippen molar-refractivity contribution in [3.05, 3.63) is 62.2 Å². The summed E-state index contributed by atoms with van der Waals surface area (Å²) in [6, 6.07) is 9.39. The van der Waals surface area contributed by atoms with E-state index in [4.69, 9.17) is 16.3 Å². The molecule has 0 fully saturated rings. The van der Waals surface area contributed by atoms with Gasteiger partial charge in [0.2, 0.25) is 0 Å². The van der Waals surface area contributed by atoms with Crippen molar-refractivity contribution in [2.45, 2.75) is 19.3 Å². The smallest absolute Gasteiger partial charge is 0.195 e. The highest BCUT2D eigenvalue weighted by Crippen LogP contribution is 2.46. The van der Waals surface area contributed by atoms with Gasteiger partial charge in [-0.1, -0.05) is 31.5 Å². The van der Waals surface area contributed by atoms with Crippen molar-refractivity contribution >= 4 is 44.2 Å². The number of hydrogen-bond donors (Lipinski definition) is 1. The first-order valence-corrected chi connectivity index (χ1v) is 8.76.